The normalized spacial score (nSPS) is 13.1. The maximum absolute atomic E-state index is 11.3. The molecule has 0 saturated carbocycles. The van der Waals surface area contributed by atoms with E-state index in [1.807, 2.05) is 13.0 Å². The van der Waals surface area contributed by atoms with Crippen LogP contribution in [-0.4, -0.2) is 29.6 Å². The molecule has 4 nitrogen and oxygen atoms in total. The summed E-state index contributed by atoms with van der Waals surface area (Å²) in [6, 6.07) is 25.5. The summed E-state index contributed by atoms with van der Waals surface area (Å²) in [7, 11) is -6.14. The molecule has 0 unspecified atom stereocenters. The molecule has 0 amide bonds. The highest BCUT2D eigenvalue weighted by molar-refractivity contribution is 7.86. The molecule has 0 spiro atoms. The summed E-state index contributed by atoms with van der Waals surface area (Å²) in [5.41, 5.74) is 5.52. The van der Waals surface area contributed by atoms with Crippen LogP contribution in [0.1, 0.15) is 49.9 Å². The smallest absolute Gasteiger partial charge is 0.264 e. The average molecular weight is 523 g/mol. The van der Waals surface area contributed by atoms with Crippen molar-refractivity contribution in [3.8, 4) is 0 Å². The van der Waals surface area contributed by atoms with Crippen LogP contribution in [0.25, 0.3) is 5.57 Å². The molecule has 0 saturated heterocycles. The third-order valence-corrected chi connectivity index (χ3v) is 12.3. The third-order valence-electron chi connectivity index (χ3n) is 6.78. The van der Waals surface area contributed by atoms with Gasteiger partial charge >= 0.3 is 0 Å². The second-order valence-corrected chi connectivity index (χ2v) is 16.3. The van der Waals surface area contributed by atoms with Gasteiger partial charge in [-0.15, -0.1) is 0 Å². The van der Waals surface area contributed by atoms with Gasteiger partial charge in [0.05, 0.1) is 19.5 Å². The maximum Gasteiger partial charge on any atom is 0.264 e. The van der Waals surface area contributed by atoms with Crippen LogP contribution >= 0.6 is 0 Å². The highest BCUT2D eigenvalue weighted by Gasteiger charge is 2.50. The summed E-state index contributed by atoms with van der Waals surface area (Å²) in [6.07, 6.45) is 2.87. The molecule has 0 aliphatic rings. The van der Waals surface area contributed by atoms with Gasteiger partial charge in [0.15, 0.2) is 0 Å². The van der Waals surface area contributed by atoms with Crippen molar-refractivity contribution < 1.29 is 17.0 Å². The van der Waals surface area contributed by atoms with Crippen molar-refractivity contribution in [2.24, 2.45) is 0 Å². The van der Waals surface area contributed by atoms with E-state index in [0.717, 1.165) is 28.5 Å². The van der Waals surface area contributed by atoms with Gasteiger partial charge in [0.25, 0.3) is 18.4 Å². The van der Waals surface area contributed by atoms with Crippen molar-refractivity contribution in [2.45, 2.75) is 53.2 Å². The fraction of sp³-hybridized carbons (Fsp3) is 0.333. The fourth-order valence-electron chi connectivity index (χ4n) is 4.88. The van der Waals surface area contributed by atoms with Gasteiger partial charge < -0.3 is 4.43 Å². The second-order valence-electron chi connectivity index (χ2n) is 10.4. The first-order chi connectivity index (χ1) is 16.9. The molecule has 0 aliphatic carbocycles. The quantitative estimate of drug-likeness (QED) is 0.265. The Morgan fingerprint density at radius 2 is 1.42 bits per heavy atom. The Labute approximate surface area is 218 Å². The largest absolute Gasteiger partial charge is 0.403 e. The zero-order valence-corrected chi connectivity index (χ0v) is 24.3. The van der Waals surface area contributed by atoms with Gasteiger partial charge in [-0.05, 0) is 64.0 Å². The summed E-state index contributed by atoms with van der Waals surface area (Å²) >= 11 is 0. The highest BCUT2D eigenvalue weighted by atomic mass is 32.2. The van der Waals surface area contributed by atoms with Crippen molar-refractivity contribution in [3.63, 3.8) is 0 Å². The van der Waals surface area contributed by atoms with Gasteiger partial charge in [0, 0.05) is 0 Å². The molecule has 0 atom stereocenters. The first-order valence-corrected chi connectivity index (χ1v) is 15.9. The van der Waals surface area contributed by atoms with Crippen LogP contribution < -0.4 is 10.4 Å². The van der Waals surface area contributed by atoms with Crippen LogP contribution in [0.5, 0.6) is 0 Å². The van der Waals surface area contributed by atoms with Gasteiger partial charge in [0.2, 0.25) is 0 Å². The van der Waals surface area contributed by atoms with Crippen molar-refractivity contribution in [1.82, 2.24) is 0 Å². The second kappa shape index (κ2) is 11.3. The van der Waals surface area contributed by atoms with Crippen LogP contribution in [0.15, 0.2) is 78.9 Å². The Balaban J connectivity index is 2.05. The molecule has 0 radical (unpaired) electrons. The molecule has 3 rings (SSSR count). The first kappa shape index (κ1) is 28.1. The Bertz CT molecular complexity index is 1270. The first-order valence-electron chi connectivity index (χ1n) is 12.2. The van der Waals surface area contributed by atoms with Crippen LogP contribution in [0.2, 0.25) is 5.04 Å². The van der Waals surface area contributed by atoms with Crippen LogP contribution in [0.3, 0.4) is 0 Å². The Hall–Kier alpha value is -2.51. The summed E-state index contributed by atoms with van der Waals surface area (Å²) in [5, 5.41) is 2.40. The van der Waals surface area contributed by atoms with Crippen LogP contribution in [0.4, 0.5) is 0 Å². The van der Waals surface area contributed by atoms with E-state index in [2.05, 4.69) is 107 Å². The van der Waals surface area contributed by atoms with E-state index in [9.17, 15) is 8.42 Å². The van der Waals surface area contributed by atoms with Gasteiger partial charge in [-0.3, -0.25) is 4.18 Å². The molecule has 0 N–H and O–H groups in total. The number of benzene rings is 3. The number of rotatable bonds is 9. The fourth-order valence-corrected chi connectivity index (χ4v) is 9.71. The van der Waals surface area contributed by atoms with Gasteiger partial charge in [-0.2, -0.15) is 8.42 Å². The zero-order valence-electron chi connectivity index (χ0n) is 22.5. The molecule has 0 fully saturated rings. The molecule has 3 aromatic carbocycles. The van der Waals surface area contributed by atoms with E-state index in [4.69, 9.17) is 8.61 Å². The summed E-state index contributed by atoms with van der Waals surface area (Å²) < 4.78 is 34.8. The standard InChI is InChI=1S/C30H38O4SSi/c1-23-18-19-28(24(2)20-21-33-35(7,31)32)25(3)29(23)22-34-36(30(4,5)6,26-14-10-8-11-15-26)27-16-12-9-13-17-27/h8-20H,21-22H2,1-7H3/b24-20+. The Kier molecular flexibility index (Phi) is 8.78. The molecule has 6 heteroatoms. The molecule has 0 bridgehead atoms. The molecule has 0 heterocycles. The predicted octanol–water partition coefficient (Wildman–Crippen LogP) is 5.76. The van der Waals surface area contributed by atoms with Crippen LogP contribution in [0, 0.1) is 13.8 Å². The lowest BCUT2D eigenvalue weighted by atomic mass is 9.94. The molecule has 0 aromatic heterocycles. The van der Waals surface area contributed by atoms with E-state index < -0.39 is 18.4 Å². The summed E-state index contributed by atoms with van der Waals surface area (Å²) in [6.45, 7) is 13.6. The number of hydrogen-bond acceptors (Lipinski definition) is 4. The van der Waals surface area contributed by atoms with E-state index in [1.54, 1.807) is 0 Å². The van der Waals surface area contributed by atoms with Crippen molar-refractivity contribution in [1.29, 1.82) is 0 Å². The highest BCUT2D eigenvalue weighted by Crippen LogP contribution is 2.38. The minimum Gasteiger partial charge on any atom is -0.403 e. The summed E-state index contributed by atoms with van der Waals surface area (Å²) in [4.78, 5) is 0. The molecule has 0 aliphatic heterocycles. The predicted molar refractivity (Wildman–Crippen MR) is 153 cm³/mol. The minimum atomic E-state index is -3.48. The van der Waals surface area contributed by atoms with E-state index in [1.165, 1.54) is 15.9 Å². The van der Waals surface area contributed by atoms with E-state index >= 15 is 0 Å². The lowest BCUT2D eigenvalue weighted by molar-refractivity contribution is 0.285. The summed E-state index contributed by atoms with van der Waals surface area (Å²) in [5.74, 6) is 0. The van der Waals surface area contributed by atoms with Gasteiger partial charge in [-0.1, -0.05) is 99.6 Å². The van der Waals surface area contributed by atoms with Gasteiger partial charge in [-0.25, -0.2) is 0 Å². The molecule has 192 valence electrons. The minimum absolute atomic E-state index is 0.0197. The number of hydrogen-bond donors (Lipinski definition) is 0. The number of aryl methyl sites for hydroxylation is 1. The molecule has 3 aromatic rings. The van der Waals surface area contributed by atoms with E-state index in [0.29, 0.717) is 6.61 Å². The van der Waals surface area contributed by atoms with Gasteiger partial charge in [0.1, 0.15) is 0 Å². The third kappa shape index (κ3) is 6.24. The van der Waals surface area contributed by atoms with Crippen LogP contribution in [-0.2, 0) is 25.3 Å². The SMILES string of the molecule is C/C(=C\COS(C)(=O)=O)c1ccc(C)c(CO[Si](c2ccccc2)(c2ccccc2)C(C)(C)C)c1C. The molecular formula is C30H38O4SSi. The Morgan fingerprint density at radius 3 is 1.89 bits per heavy atom. The average Bonchev–Trinajstić information content (AvgIpc) is 2.81. The lowest BCUT2D eigenvalue weighted by Gasteiger charge is -2.43. The Morgan fingerprint density at radius 1 is 0.889 bits per heavy atom. The van der Waals surface area contributed by atoms with Crippen molar-refractivity contribution in [3.05, 3.63) is 101 Å². The number of allylic oxidation sites excluding steroid dienone is 1. The monoisotopic (exact) mass is 522 g/mol. The topological polar surface area (TPSA) is 52.6 Å². The molecule has 36 heavy (non-hydrogen) atoms. The zero-order chi connectivity index (χ0) is 26.6. The maximum atomic E-state index is 11.3. The van der Waals surface area contributed by atoms with E-state index in [-0.39, 0.29) is 11.6 Å². The lowest BCUT2D eigenvalue weighted by Crippen LogP contribution is -2.66. The van der Waals surface area contributed by atoms with Crippen molar-refractivity contribution in [2.75, 3.05) is 12.9 Å². The molecular weight excluding hydrogens is 484 g/mol. The van der Waals surface area contributed by atoms with Crippen molar-refractivity contribution >= 4 is 34.4 Å².